The molecular weight excluding hydrogens is 570 g/mol. The Bertz CT molecular complexity index is 1600. The van der Waals surface area contributed by atoms with E-state index < -0.39 is 47.6 Å². The number of rotatable bonds is 11. The topological polar surface area (TPSA) is 181 Å². The van der Waals surface area contributed by atoms with E-state index in [1.54, 1.807) is 39.1 Å². The molecule has 0 spiro atoms. The third kappa shape index (κ3) is 5.07. The number of para-hydroxylation sites is 1. The summed E-state index contributed by atoms with van der Waals surface area (Å²) in [6.45, 7) is 3.40. The quantitative estimate of drug-likeness (QED) is 0.198. The van der Waals surface area contributed by atoms with Crippen molar-refractivity contribution in [1.82, 2.24) is 20.9 Å². The number of fused-ring (bicyclic) bond motifs is 5. The van der Waals surface area contributed by atoms with Crippen LogP contribution in [-0.2, 0) is 31.0 Å². The van der Waals surface area contributed by atoms with Gasteiger partial charge < -0.3 is 40.3 Å². The van der Waals surface area contributed by atoms with Crippen molar-refractivity contribution in [3.8, 4) is 5.75 Å². The van der Waals surface area contributed by atoms with E-state index in [4.69, 9.17) is 13.9 Å². The average Bonchev–Trinajstić information content (AvgIpc) is 3.72. The number of carbonyl (C=O) groups excluding carboxylic acids is 4. The van der Waals surface area contributed by atoms with Crippen LogP contribution in [0.4, 0.5) is 5.69 Å². The minimum atomic E-state index is -1.38. The predicted molar refractivity (Wildman–Crippen MR) is 157 cm³/mol. The molecule has 2 aliphatic heterocycles. The Morgan fingerprint density at radius 3 is 2.52 bits per heavy atom. The van der Waals surface area contributed by atoms with Gasteiger partial charge in [0, 0.05) is 24.7 Å². The van der Waals surface area contributed by atoms with Crippen LogP contribution >= 0.6 is 0 Å². The number of ether oxygens (including phenoxy) is 2. The van der Waals surface area contributed by atoms with Gasteiger partial charge in [0.05, 0.1) is 7.11 Å². The molecule has 0 saturated heterocycles. The van der Waals surface area contributed by atoms with Crippen LogP contribution in [0.25, 0.3) is 0 Å². The lowest BCUT2D eigenvalue weighted by Crippen LogP contribution is -2.51. The monoisotopic (exact) mass is 605 g/mol. The lowest BCUT2D eigenvalue weighted by molar-refractivity contribution is -0.135. The van der Waals surface area contributed by atoms with Gasteiger partial charge in [0.1, 0.15) is 35.6 Å². The zero-order valence-corrected chi connectivity index (χ0v) is 25.0. The number of carbonyl (C=O) groups is 4. The largest absolute Gasteiger partial charge is 0.469 e. The third-order valence-corrected chi connectivity index (χ3v) is 8.07. The fourth-order valence-corrected chi connectivity index (χ4v) is 5.78. The number of amides is 2. The molecule has 0 bridgehead atoms. The van der Waals surface area contributed by atoms with Gasteiger partial charge in [-0.05, 0) is 36.2 Å². The summed E-state index contributed by atoms with van der Waals surface area (Å²) < 4.78 is 16.6. The summed E-state index contributed by atoms with van der Waals surface area (Å²) >= 11 is 0. The van der Waals surface area contributed by atoms with Crippen molar-refractivity contribution in [3.63, 3.8) is 0 Å². The number of methoxy groups -OCH3 is 1. The number of ketones is 1. The first-order valence-electron chi connectivity index (χ1n) is 14.2. The number of aliphatic hydroxyl groups is 1. The van der Waals surface area contributed by atoms with Crippen LogP contribution in [0.1, 0.15) is 53.0 Å². The van der Waals surface area contributed by atoms with Crippen LogP contribution in [0.15, 0.2) is 53.1 Å². The van der Waals surface area contributed by atoms with Crippen molar-refractivity contribution in [1.29, 1.82) is 0 Å². The number of hydrogen-bond donors (Lipinski definition) is 5. The molecule has 0 saturated carbocycles. The molecule has 5 rings (SSSR count). The average molecular weight is 606 g/mol. The normalized spacial score (nSPS) is 19.8. The van der Waals surface area contributed by atoms with Crippen molar-refractivity contribution < 1.29 is 38.2 Å². The molecular formula is C31H35N5O8. The Labute approximate surface area is 253 Å². The van der Waals surface area contributed by atoms with Gasteiger partial charge in [0.2, 0.25) is 17.7 Å². The van der Waals surface area contributed by atoms with Gasteiger partial charge in [-0.1, -0.05) is 44.2 Å². The number of aromatic nitrogens is 1. The molecule has 0 fully saturated rings. The molecule has 232 valence electrons. The molecule has 2 amide bonds. The van der Waals surface area contributed by atoms with Gasteiger partial charge in [0.15, 0.2) is 17.7 Å². The molecule has 44 heavy (non-hydrogen) atoms. The van der Waals surface area contributed by atoms with Gasteiger partial charge in [-0.3, -0.25) is 14.4 Å². The van der Waals surface area contributed by atoms with Gasteiger partial charge in [-0.25, -0.2) is 9.78 Å². The Balaban J connectivity index is 1.57. The maximum Gasteiger partial charge on any atom is 0.360 e. The Kier molecular flexibility index (Phi) is 8.44. The highest BCUT2D eigenvalue weighted by Crippen LogP contribution is 2.55. The molecule has 3 heterocycles. The maximum atomic E-state index is 14.8. The number of Topliss-reactive ketones (excluding diaryl/α,β-unsaturated/α-hetero) is 1. The standard InChI is InChI=1S/C31H35N5O8/c1-15(2)24(37)27(40)34-20(26(39)33-4)13-16-10-11-22-18(12-16)31(17-8-6-7-9-19(17)36-30(31)44-22)25(38)23(32-3)28-35-21(14-43-28)29(41)42-5/h6-12,14-15,20,23-24,30,32,36-37H,13H2,1-5H3,(H,33,39)(H,34,40). The maximum absolute atomic E-state index is 14.8. The third-order valence-electron chi connectivity index (χ3n) is 8.07. The van der Waals surface area contributed by atoms with E-state index in [2.05, 4.69) is 26.3 Å². The smallest absolute Gasteiger partial charge is 0.360 e. The van der Waals surface area contributed by atoms with Gasteiger partial charge in [-0.2, -0.15) is 0 Å². The van der Waals surface area contributed by atoms with Crippen LogP contribution < -0.4 is 26.0 Å². The predicted octanol–water partition coefficient (Wildman–Crippen LogP) is 1.21. The van der Waals surface area contributed by atoms with E-state index in [1.165, 1.54) is 14.2 Å². The SMILES string of the molecule is CNC(=O)C(Cc1ccc2c(c1)C1(C(=O)C(NC)c3nc(C(=O)OC)co3)c3ccccc3NC1O2)NC(=O)C(O)C(C)C. The Morgan fingerprint density at radius 1 is 1.09 bits per heavy atom. The number of nitrogens with one attached hydrogen (secondary N) is 4. The number of nitrogens with zero attached hydrogens (tertiary/aromatic N) is 1. The van der Waals surface area contributed by atoms with Gasteiger partial charge in [-0.15, -0.1) is 0 Å². The summed E-state index contributed by atoms with van der Waals surface area (Å²) in [5.41, 5.74) is 1.11. The Morgan fingerprint density at radius 2 is 1.84 bits per heavy atom. The number of oxazole rings is 1. The van der Waals surface area contributed by atoms with Crippen LogP contribution in [-0.4, -0.2) is 73.2 Å². The first-order valence-corrected chi connectivity index (χ1v) is 14.2. The summed E-state index contributed by atoms with van der Waals surface area (Å²) in [5.74, 6) is -2.07. The molecule has 0 aliphatic carbocycles. The summed E-state index contributed by atoms with van der Waals surface area (Å²) in [6.07, 6.45) is -0.897. The highest BCUT2D eigenvalue weighted by atomic mass is 16.5. The number of likely N-dealkylation sites (N-methyl/N-ethyl adjacent to an activating group) is 2. The zero-order valence-electron chi connectivity index (χ0n) is 25.0. The van der Waals surface area contributed by atoms with E-state index in [9.17, 15) is 24.3 Å². The van der Waals surface area contributed by atoms with E-state index in [0.29, 0.717) is 28.1 Å². The fraction of sp³-hybridized carbons (Fsp3) is 0.387. The first-order chi connectivity index (χ1) is 21.1. The van der Waals surface area contributed by atoms with Crippen LogP contribution in [0.2, 0.25) is 0 Å². The van der Waals surface area contributed by atoms with Gasteiger partial charge >= 0.3 is 5.97 Å². The molecule has 3 aromatic rings. The molecule has 1 aromatic heterocycles. The Hall–Kier alpha value is -4.75. The lowest BCUT2D eigenvalue weighted by Gasteiger charge is -2.30. The van der Waals surface area contributed by atoms with E-state index in [0.717, 1.165) is 6.26 Å². The van der Waals surface area contributed by atoms with Crippen molar-refractivity contribution in [3.05, 3.63) is 77.0 Å². The minimum Gasteiger partial charge on any atom is -0.469 e. The number of aliphatic hydroxyl groups excluding tert-OH is 1. The van der Waals surface area contributed by atoms with Crippen molar-refractivity contribution in [2.45, 2.75) is 50.1 Å². The summed E-state index contributed by atoms with van der Waals surface area (Å²) in [7, 11) is 4.27. The number of esters is 1. The number of anilines is 1. The summed E-state index contributed by atoms with van der Waals surface area (Å²) in [6, 6.07) is 10.6. The molecule has 5 atom stereocenters. The van der Waals surface area contributed by atoms with Crippen molar-refractivity contribution >= 4 is 29.3 Å². The first kappa shape index (κ1) is 30.7. The van der Waals surface area contributed by atoms with Gasteiger partial charge in [0.25, 0.3) is 0 Å². The molecule has 5 unspecified atom stereocenters. The highest BCUT2D eigenvalue weighted by molar-refractivity contribution is 6.03. The van der Waals surface area contributed by atoms with E-state index >= 15 is 0 Å². The minimum absolute atomic E-state index is 0.0221. The lowest BCUT2D eigenvalue weighted by atomic mass is 9.70. The number of benzene rings is 2. The van der Waals surface area contributed by atoms with E-state index in [-0.39, 0.29) is 29.7 Å². The molecule has 13 nitrogen and oxygen atoms in total. The van der Waals surface area contributed by atoms with Crippen molar-refractivity contribution in [2.75, 3.05) is 26.5 Å². The molecule has 13 heteroatoms. The van der Waals surface area contributed by atoms with Crippen LogP contribution in [0, 0.1) is 5.92 Å². The summed E-state index contributed by atoms with van der Waals surface area (Å²) in [4.78, 5) is 56.5. The summed E-state index contributed by atoms with van der Waals surface area (Å²) in [5, 5.41) is 21.8. The second kappa shape index (κ2) is 12.1. The van der Waals surface area contributed by atoms with E-state index in [1.807, 2.05) is 24.3 Å². The fourth-order valence-electron chi connectivity index (χ4n) is 5.78. The van der Waals surface area contributed by atoms with Crippen LogP contribution in [0.3, 0.4) is 0 Å². The molecule has 2 aromatic carbocycles. The second-order valence-corrected chi connectivity index (χ2v) is 11.0. The second-order valence-electron chi connectivity index (χ2n) is 11.0. The highest BCUT2D eigenvalue weighted by Gasteiger charge is 2.62. The zero-order chi connectivity index (χ0) is 31.8. The molecule has 5 N–H and O–H groups in total. The molecule has 0 radical (unpaired) electrons. The van der Waals surface area contributed by atoms with Crippen LogP contribution in [0.5, 0.6) is 5.75 Å². The number of hydrogen-bond acceptors (Lipinski definition) is 11. The van der Waals surface area contributed by atoms with Crippen molar-refractivity contribution in [2.24, 2.45) is 5.92 Å². The molecule has 2 aliphatic rings.